The fourth-order valence-electron chi connectivity index (χ4n) is 3.06. The Kier molecular flexibility index (Phi) is 5.66. The van der Waals surface area contributed by atoms with Crippen molar-refractivity contribution in [1.82, 2.24) is 10.3 Å². The number of nitrogens with zero attached hydrogens (tertiary/aromatic N) is 3. The molecule has 0 bridgehead atoms. The molecule has 2 aliphatic heterocycles. The molecule has 1 amide bonds. The third-order valence-corrected chi connectivity index (χ3v) is 6.71. The van der Waals surface area contributed by atoms with Crippen molar-refractivity contribution in [2.45, 2.75) is 32.4 Å². The van der Waals surface area contributed by atoms with E-state index >= 15 is 0 Å². The van der Waals surface area contributed by atoms with Crippen LogP contribution < -0.4 is 15.9 Å². The first-order valence-electron chi connectivity index (χ1n) is 8.90. The molecule has 5 nitrogen and oxygen atoms in total. The molecule has 2 aliphatic rings. The fourth-order valence-corrected chi connectivity index (χ4v) is 5.02. The molecule has 1 N–H and O–H groups in total. The third kappa shape index (κ3) is 3.83. The van der Waals surface area contributed by atoms with Gasteiger partial charge in [0, 0.05) is 15.4 Å². The number of unbranched alkanes of at least 4 members (excludes halogenated alkanes) is 2. The van der Waals surface area contributed by atoms with Crippen LogP contribution in [0.15, 0.2) is 50.3 Å². The van der Waals surface area contributed by atoms with Gasteiger partial charge in [0.1, 0.15) is 5.70 Å². The Morgan fingerprint density at radius 1 is 1.33 bits per heavy atom. The summed E-state index contributed by atoms with van der Waals surface area (Å²) in [5.41, 5.74) is 0.553. The average Bonchev–Trinajstić information content (AvgIpc) is 3.19. The Labute approximate surface area is 174 Å². The number of halogens is 1. The molecule has 1 unspecified atom stereocenters. The molecule has 27 heavy (non-hydrogen) atoms. The second-order valence-electron chi connectivity index (χ2n) is 6.29. The number of thioether (sulfide) groups is 1. The number of thiophene rings is 1. The van der Waals surface area contributed by atoms with Crippen molar-refractivity contribution in [1.29, 1.82) is 0 Å². The molecule has 1 aromatic carbocycles. The Hall–Kier alpha value is -1.64. The van der Waals surface area contributed by atoms with Crippen LogP contribution in [0.25, 0.3) is 5.70 Å². The van der Waals surface area contributed by atoms with Crippen LogP contribution in [0.4, 0.5) is 0 Å². The average molecular weight is 463 g/mol. The Bertz CT molecular complexity index is 1000. The maximum atomic E-state index is 13.0. The Balaban J connectivity index is 1.78. The zero-order chi connectivity index (χ0) is 18.8. The van der Waals surface area contributed by atoms with Crippen molar-refractivity contribution < 1.29 is 4.79 Å². The highest BCUT2D eigenvalue weighted by Crippen LogP contribution is 2.33. The highest BCUT2D eigenvalue weighted by Gasteiger charge is 2.34. The van der Waals surface area contributed by atoms with Crippen molar-refractivity contribution >= 4 is 55.8 Å². The van der Waals surface area contributed by atoms with Gasteiger partial charge in [-0.05, 0) is 36.1 Å². The number of hydrogen-bond acceptors (Lipinski definition) is 6. The minimum atomic E-state index is -0.314. The van der Waals surface area contributed by atoms with Gasteiger partial charge < -0.3 is 0 Å². The third-order valence-electron chi connectivity index (χ3n) is 4.35. The highest BCUT2D eigenvalue weighted by molar-refractivity contribution is 9.10. The van der Waals surface area contributed by atoms with Gasteiger partial charge in [-0.15, -0.1) is 16.4 Å². The van der Waals surface area contributed by atoms with Crippen molar-refractivity contribution in [2.24, 2.45) is 10.1 Å². The lowest BCUT2D eigenvalue weighted by atomic mass is 10.1. The van der Waals surface area contributed by atoms with Crippen LogP contribution in [0.1, 0.15) is 37.2 Å². The molecule has 0 fully saturated rings. The summed E-state index contributed by atoms with van der Waals surface area (Å²) in [7, 11) is 0. The molecule has 1 atom stereocenters. The molecular weight excluding hydrogens is 444 g/mol. The molecule has 0 aliphatic carbocycles. The van der Waals surface area contributed by atoms with E-state index in [9.17, 15) is 4.79 Å². The minimum absolute atomic E-state index is 0.126. The number of carbonyl (C=O) groups excluding carboxylic acids is 1. The van der Waals surface area contributed by atoms with Gasteiger partial charge in [0.25, 0.3) is 5.91 Å². The molecule has 3 heterocycles. The molecule has 140 valence electrons. The minimum Gasteiger partial charge on any atom is -0.298 e. The normalized spacial score (nSPS) is 18.4. The van der Waals surface area contributed by atoms with Gasteiger partial charge in [-0.1, -0.05) is 53.5 Å². The molecule has 0 saturated heterocycles. The van der Waals surface area contributed by atoms with Gasteiger partial charge in [0.15, 0.2) is 11.3 Å². The number of rotatable bonds is 5. The second-order valence-corrected chi connectivity index (χ2v) is 9.27. The smallest absolute Gasteiger partial charge is 0.276 e. The zero-order valence-electron chi connectivity index (χ0n) is 14.8. The number of benzene rings is 1. The second kappa shape index (κ2) is 8.16. The molecule has 0 saturated carbocycles. The van der Waals surface area contributed by atoms with Crippen LogP contribution in [0.5, 0.6) is 0 Å². The fraction of sp³-hybridized carbons (Fsp3) is 0.316. The van der Waals surface area contributed by atoms with E-state index in [0.29, 0.717) is 10.9 Å². The molecule has 8 heteroatoms. The topological polar surface area (TPSA) is 57.1 Å². The maximum Gasteiger partial charge on any atom is 0.276 e. The lowest BCUT2D eigenvalue weighted by molar-refractivity contribution is -0.116. The standard InChI is InChI=1S/C19H19BrN4OS2/c1-2-3-4-9-27-19-22-18(25)16-13-11-12(20)7-8-14(13)21-17(24(16)23-19)15-6-5-10-26-15/h5-8,10-11,17H,2-4,9H2,1H3,(H,22,23,25). The summed E-state index contributed by atoms with van der Waals surface area (Å²) >= 11 is 6.72. The van der Waals surface area contributed by atoms with E-state index in [4.69, 9.17) is 10.1 Å². The molecule has 2 aromatic rings. The van der Waals surface area contributed by atoms with Gasteiger partial charge in [-0.2, -0.15) is 0 Å². The highest BCUT2D eigenvalue weighted by atomic mass is 79.9. The number of amides is 1. The molecule has 0 radical (unpaired) electrons. The Morgan fingerprint density at radius 2 is 2.22 bits per heavy atom. The monoisotopic (exact) mass is 462 g/mol. The van der Waals surface area contributed by atoms with Crippen LogP contribution in [0.3, 0.4) is 0 Å². The van der Waals surface area contributed by atoms with Crippen LogP contribution in [0, 0.1) is 0 Å². The van der Waals surface area contributed by atoms with Gasteiger partial charge in [-0.25, -0.2) is 5.01 Å². The number of hydrazone groups is 1. The molecule has 0 spiro atoms. The Morgan fingerprint density at radius 3 is 3.00 bits per heavy atom. The summed E-state index contributed by atoms with van der Waals surface area (Å²) in [5.74, 6) is 0.817. The van der Waals surface area contributed by atoms with Crippen LogP contribution in [-0.4, -0.2) is 21.8 Å². The van der Waals surface area contributed by atoms with Crippen LogP contribution >= 0.6 is 39.0 Å². The van der Waals surface area contributed by atoms with Crippen LogP contribution in [0.2, 0.25) is 0 Å². The van der Waals surface area contributed by atoms with E-state index in [2.05, 4.69) is 28.2 Å². The first-order chi connectivity index (χ1) is 13.2. The molecule has 4 rings (SSSR count). The predicted molar refractivity (Wildman–Crippen MR) is 115 cm³/mol. The largest absolute Gasteiger partial charge is 0.298 e. The lowest BCUT2D eigenvalue weighted by Crippen LogP contribution is -2.50. The van der Waals surface area contributed by atoms with E-state index in [-0.39, 0.29) is 12.1 Å². The summed E-state index contributed by atoms with van der Waals surface area (Å²) in [6.45, 7) is 2.18. The number of carbonyl (C=O) groups is 1. The summed E-state index contributed by atoms with van der Waals surface area (Å²) in [6.07, 6.45) is 3.16. The summed E-state index contributed by atoms with van der Waals surface area (Å²) in [5, 5.41) is 13.8. The van der Waals surface area contributed by atoms with E-state index in [0.717, 1.165) is 32.1 Å². The number of fused-ring (bicyclic) bond motifs is 2. The predicted octanol–water partition coefficient (Wildman–Crippen LogP) is 3.58. The zero-order valence-corrected chi connectivity index (χ0v) is 18.0. The maximum absolute atomic E-state index is 13.0. The summed E-state index contributed by atoms with van der Waals surface area (Å²) in [6, 6.07) is 9.86. The molecular formula is C19H19BrN4OS2. The van der Waals surface area contributed by atoms with Crippen molar-refractivity contribution in [3.63, 3.8) is 0 Å². The van der Waals surface area contributed by atoms with Crippen molar-refractivity contribution in [2.75, 3.05) is 5.75 Å². The van der Waals surface area contributed by atoms with Crippen molar-refractivity contribution in [3.8, 4) is 0 Å². The lowest BCUT2D eigenvalue weighted by Gasteiger charge is -2.33. The van der Waals surface area contributed by atoms with Gasteiger partial charge >= 0.3 is 0 Å². The van der Waals surface area contributed by atoms with Crippen LogP contribution in [-0.2, 0) is 4.79 Å². The number of nitrogens with one attached hydrogen (secondary N) is 1. The van der Waals surface area contributed by atoms with Gasteiger partial charge in [0.2, 0.25) is 0 Å². The number of amidine groups is 1. The first kappa shape index (κ1) is 18.7. The van der Waals surface area contributed by atoms with Gasteiger partial charge in [-0.3, -0.25) is 15.1 Å². The van der Waals surface area contributed by atoms with E-state index in [1.807, 2.05) is 35.7 Å². The summed E-state index contributed by atoms with van der Waals surface area (Å²) in [4.78, 5) is 18.9. The van der Waals surface area contributed by atoms with E-state index < -0.39 is 0 Å². The van der Waals surface area contributed by atoms with Gasteiger partial charge in [0.05, 0.1) is 10.2 Å². The number of hydrogen-bond donors (Lipinski definition) is 1. The van der Waals surface area contributed by atoms with Crippen molar-refractivity contribution in [3.05, 3.63) is 55.6 Å². The summed E-state index contributed by atoms with van der Waals surface area (Å²) < 4.78 is 0.912. The first-order valence-corrected chi connectivity index (χ1v) is 11.6. The SMILES string of the molecule is CCCCCSC1=NN2C(=c3cc(Br)ccc3=NC2c2cccs2)C(=O)N1. The quantitative estimate of drug-likeness (QED) is 0.690. The molecule has 1 aromatic heterocycles. The van der Waals surface area contributed by atoms with E-state index in [1.54, 1.807) is 28.1 Å². The van der Waals surface area contributed by atoms with E-state index in [1.165, 1.54) is 12.8 Å².